The summed E-state index contributed by atoms with van der Waals surface area (Å²) in [4.78, 5) is 15.4. The number of fused-ring (bicyclic) bond motifs is 1. The van der Waals surface area contributed by atoms with Gasteiger partial charge in [0.1, 0.15) is 5.75 Å². The van der Waals surface area contributed by atoms with Gasteiger partial charge in [0, 0.05) is 36.9 Å². The number of aromatic nitrogens is 2. The second kappa shape index (κ2) is 10.3. The van der Waals surface area contributed by atoms with Gasteiger partial charge in [-0.2, -0.15) is 5.10 Å². The van der Waals surface area contributed by atoms with Gasteiger partial charge in [-0.1, -0.05) is 25.0 Å². The van der Waals surface area contributed by atoms with E-state index in [1.54, 1.807) is 7.11 Å². The zero-order valence-corrected chi connectivity index (χ0v) is 19.0. The normalized spacial score (nSPS) is 19.0. The molecular weight excluding hydrogens is 388 g/mol. The molecule has 1 fully saturated rings. The lowest BCUT2D eigenvalue weighted by Crippen LogP contribution is -2.37. The third kappa shape index (κ3) is 5.12. The van der Waals surface area contributed by atoms with Gasteiger partial charge in [-0.15, -0.1) is 0 Å². The summed E-state index contributed by atoms with van der Waals surface area (Å²) in [5.74, 6) is 1.04. The number of nitrogens with zero attached hydrogens (tertiary/aromatic N) is 3. The lowest BCUT2D eigenvalue weighted by Gasteiger charge is -2.25. The minimum absolute atomic E-state index is 0.143. The highest BCUT2D eigenvalue weighted by atomic mass is 16.5. The summed E-state index contributed by atoms with van der Waals surface area (Å²) >= 11 is 0. The van der Waals surface area contributed by atoms with Crippen LogP contribution < -0.4 is 10.1 Å². The number of hydrogen-bond donors (Lipinski definition) is 1. The zero-order chi connectivity index (χ0) is 21.6. The predicted molar refractivity (Wildman–Crippen MR) is 123 cm³/mol. The highest BCUT2D eigenvalue weighted by Gasteiger charge is 2.30. The second-order valence-electron chi connectivity index (χ2n) is 8.79. The summed E-state index contributed by atoms with van der Waals surface area (Å²) in [7, 11) is 1.69. The first-order valence-corrected chi connectivity index (χ1v) is 11.9. The van der Waals surface area contributed by atoms with E-state index < -0.39 is 0 Å². The van der Waals surface area contributed by atoms with Crippen molar-refractivity contribution in [1.29, 1.82) is 0 Å². The summed E-state index contributed by atoms with van der Waals surface area (Å²) < 4.78 is 7.30. The Hall–Kier alpha value is -2.34. The monoisotopic (exact) mass is 424 g/mol. The maximum Gasteiger partial charge on any atom is 0.274 e. The van der Waals surface area contributed by atoms with E-state index >= 15 is 0 Å². The van der Waals surface area contributed by atoms with E-state index in [0.717, 1.165) is 70.5 Å². The van der Waals surface area contributed by atoms with Gasteiger partial charge >= 0.3 is 0 Å². The molecule has 6 heteroatoms. The smallest absolute Gasteiger partial charge is 0.274 e. The van der Waals surface area contributed by atoms with Crippen LogP contribution in [0, 0.1) is 0 Å². The fraction of sp³-hybridized carbons (Fsp3) is 0.600. The number of rotatable bonds is 7. The molecule has 1 aliphatic carbocycles. The molecule has 2 aliphatic rings. The first-order chi connectivity index (χ1) is 15.2. The summed E-state index contributed by atoms with van der Waals surface area (Å²) in [6.45, 7) is 5.62. The number of likely N-dealkylation sites (tertiary alicyclic amines) is 1. The minimum Gasteiger partial charge on any atom is -0.497 e. The fourth-order valence-corrected chi connectivity index (χ4v) is 4.93. The summed E-state index contributed by atoms with van der Waals surface area (Å²) in [5, 5.41) is 8.51. The topological polar surface area (TPSA) is 59.4 Å². The van der Waals surface area contributed by atoms with E-state index in [1.165, 1.54) is 29.7 Å². The lowest BCUT2D eigenvalue weighted by molar-refractivity contribution is 0.0753. The van der Waals surface area contributed by atoms with Crippen LogP contribution in [0.5, 0.6) is 5.75 Å². The van der Waals surface area contributed by atoms with Gasteiger partial charge in [-0.3, -0.25) is 9.48 Å². The molecule has 1 N–H and O–H groups in total. The molecule has 168 valence electrons. The van der Waals surface area contributed by atoms with Crippen LogP contribution in [0.1, 0.15) is 66.3 Å². The molecule has 6 nitrogen and oxygen atoms in total. The number of aryl methyl sites for hydroxylation is 1. The zero-order valence-electron chi connectivity index (χ0n) is 19.0. The Morgan fingerprint density at radius 1 is 1.16 bits per heavy atom. The van der Waals surface area contributed by atoms with Crippen molar-refractivity contribution in [2.75, 3.05) is 26.7 Å². The highest BCUT2D eigenvalue weighted by Crippen LogP contribution is 2.27. The molecule has 2 aromatic rings. The quantitative estimate of drug-likeness (QED) is 0.738. The SMILES string of the molecule is CCn1nc(C(=O)N2CCCCCC2)c2c1CCC(NCCc1ccc(OC)cc1)C2. The molecule has 4 rings (SSSR count). The molecule has 2 heterocycles. The van der Waals surface area contributed by atoms with Crippen LogP contribution in [0.25, 0.3) is 0 Å². The minimum atomic E-state index is 0.143. The van der Waals surface area contributed by atoms with Crippen molar-refractivity contribution < 1.29 is 9.53 Å². The van der Waals surface area contributed by atoms with Crippen LogP contribution in [-0.2, 0) is 25.8 Å². The summed E-state index contributed by atoms with van der Waals surface area (Å²) in [6.07, 6.45) is 8.64. The Bertz CT molecular complexity index is 866. The van der Waals surface area contributed by atoms with Crippen molar-refractivity contribution in [2.24, 2.45) is 0 Å². The maximum absolute atomic E-state index is 13.3. The molecule has 31 heavy (non-hydrogen) atoms. The first-order valence-electron chi connectivity index (χ1n) is 11.9. The molecule has 0 bridgehead atoms. The first kappa shape index (κ1) is 21.9. The molecule has 1 unspecified atom stereocenters. The molecule has 1 aliphatic heterocycles. The van der Waals surface area contributed by atoms with Crippen LogP contribution >= 0.6 is 0 Å². The average Bonchev–Trinajstić information content (AvgIpc) is 2.97. The number of nitrogens with one attached hydrogen (secondary N) is 1. The van der Waals surface area contributed by atoms with E-state index in [0.29, 0.717) is 11.7 Å². The van der Waals surface area contributed by atoms with Crippen LogP contribution in [0.3, 0.4) is 0 Å². The Labute approximate surface area is 186 Å². The molecular formula is C25H36N4O2. The molecule has 1 amide bonds. The van der Waals surface area contributed by atoms with Crippen LogP contribution in [-0.4, -0.2) is 53.4 Å². The van der Waals surface area contributed by atoms with E-state index in [2.05, 4.69) is 29.1 Å². The van der Waals surface area contributed by atoms with E-state index in [9.17, 15) is 4.79 Å². The largest absolute Gasteiger partial charge is 0.497 e. The number of benzene rings is 1. The number of amides is 1. The highest BCUT2D eigenvalue weighted by molar-refractivity contribution is 5.94. The van der Waals surface area contributed by atoms with Crippen molar-refractivity contribution in [3.05, 3.63) is 46.8 Å². The molecule has 1 saturated heterocycles. The van der Waals surface area contributed by atoms with Crippen molar-refractivity contribution >= 4 is 5.91 Å². The van der Waals surface area contributed by atoms with E-state index in [-0.39, 0.29) is 5.91 Å². The van der Waals surface area contributed by atoms with Crippen molar-refractivity contribution in [3.63, 3.8) is 0 Å². The molecule has 0 saturated carbocycles. The molecule has 0 radical (unpaired) electrons. The second-order valence-corrected chi connectivity index (χ2v) is 8.79. The van der Waals surface area contributed by atoms with Crippen LogP contribution in [0.2, 0.25) is 0 Å². The Balaban J connectivity index is 1.41. The molecule has 1 aromatic heterocycles. The molecule has 0 spiro atoms. The van der Waals surface area contributed by atoms with Crippen LogP contribution in [0.15, 0.2) is 24.3 Å². The van der Waals surface area contributed by atoms with Gasteiger partial charge in [0.2, 0.25) is 0 Å². The summed E-state index contributed by atoms with van der Waals surface area (Å²) in [5.41, 5.74) is 4.47. The number of carbonyl (C=O) groups is 1. The standard InChI is InChI=1S/C25H36N4O2/c1-3-29-23-13-10-20(26-15-14-19-8-11-21(31-2)12-9-19)18-22(23)24(27-29)25(30)28-16-6-4-5-7-17-28/h8-9,11-12,20,26H,3-7,10,13-18H2,1-2H3. The van der Waals surface area contributed by atoms with Crippen molar-refractivity contribution in [2.45, 2.75) is 70.9 Å². The van der Waals surface area contributed by atoms with Gasteiger partial charge in [0.05, 0.1) is 7.11 Å². The van der Waals surface area contributed by atoms with Gasteiger partial charge in [-0.05, 0) is 69.7 Å². The predicted octanol–water partition coefficient (Wildman–Crippen LogP) is 3.62. The van der Waals surface area contributed by atoms with Crippen LogP contribution in [0.4, 0.5) is 0 Å². The number of carbonyl (C=O) groups excluding carboxylic acids is 1. The fourth-order valence-electron chi connectivity index (χ4n) is 4.93. The summed E-state index contributed by atoms with van der Waals surface area (Å²) in [6, 6.07) is 8.69. The van der Waals surface area contributed by atoms with E-state index in [1.807, 2.05) is 17.0 Å². The number of methoxy groups -OCH3 is 1. The van der Waals surface area contributed by atoms with Crippen molar-refractivity contribution in [3.8, 4) is 5.75 Å². The molecule has 1 atom stereocenters. The number of ether oxygens (including phenoxy) is 1. The van der Waals surface area contributed by atoms with E-state index in [4.69, 9.17) is 9.84 Å². The third-order valence-electron chi connectivity index (χ3n) is 6.75. The Kier molecular flexibility index (Phi) is 7.28. The van der Waals surface area contributed by atoms with Gasteiger partial charge in [-0.25, -0.2) is 0 Å². The van der Waals surface area contributed by atoms with Crippen molar-refractivity contribution in [1.82, 2.24) is 20.0 Å². The third-order valence-corrected chi connectivity index (χ3v) is 6.75. The van der Waals surface area contributed by atoms with Gasteiger partial charge < -0.3 is 15.0 Å². The Morgan fingerprint density at radius 2 is 1.90 bits per heavy atom. The molecule has 1 aromatic carbocycles. The Morgan fingerprint density at radius 3 is 2.58 bits per heavy atom. The number of hydrogen-bond acceptors (Lipinski definition) is 4. The average molecular weight is 425 g/mol. The van der Waals surface area contributed by atoms with Gasteiger partial charge in [0.15, 0.2) is 5.69 Å². The maximum atomic E-state index is 13.3. The lowest BCUT2D eigenvalue weighted by atomic mass is 9.91. The van der Waals surface area contributed by atoms with Gasteiger partial charge in [0.25, 0.3) is 5.91 Å².